The van der Waals surface area contributed by atoms with Crippen LogP contribution in [0.3, 0.4) is 0 Å². The van der Waals surface area contributed by atoms with Crippen LogP contribution in [0.5, 0.6) is 0 Å². The van der Waals surface area contributed by atoms with Gasteiger partial charge in [0.25, 0.3) is 0 Å². The Bertz CT molecular complexity index is 692. The Labute approximate surface area is 137 Å². The molecule has 0 unspecified atom stereocenters. The van der Waals surface area contributed by atoms with Gasteiger partial charge in [-0.15, -0.1) is 0 Å². The van der Waals surface area contributed by atoms with Crippen LogP contribution in [0.25, 0.3) is 5.52 Å². The lowest BCUT2D eigenvalue weighted by molar-refractivity contribution is 0.0723. The minimum absolute atomic E-state index is 0.00858. The lowest BCUT2D eigenvalue weighted by Crippen LogP contribution is -2.29. The molecule has 1 aliphatic rings. The number of hydrogen-bond acceptors (Lipinski definition) is 4. The molecule has 118 valence electrons. The Morgan fingerprint density at radius 2 is 2.14 bits per heavy atom. The standard InChI is InChI=1S/C15H19BrN4O2/c1-9-12-13(16)19-14(20(12)8-7-18-9)10-3-5-11(6-4-10)22-15(21)17-2/h7-8,10-11H,3-6H2,1-2H3,(H,17,21)/t10-,11-. The Balaban J connectivity index is 1.77. The van der Waals surface area contributed by atoms with Gasteiger partial charge in [0, 0.05) is 25.4 Å². The molecule has 2 aromatic rings. The van der Waals surface area contributed by atoms with Crippen molar-refractivity contribution >= 4 is 27.5 Å². The van der Waals surface area contributed by atoms with Gasteiger partial charge in [-0.05, 0) is 48.5 Å². The summed E-state index contributed by atoms with van der Waals surface area (Å²) < 4.78 is 8.31. The fourth-order valence-electron chi connectivity index (χ4n) is 3.11. The first kappa shape index (κ1) is 15.3. The molecule has 0 spiro atoms. The van der Waals surface area contributed by atoms with E-state index in [1.54, 1.807) is 13.2 Å². The van der Waals surface area contributed by atoms with E-state index in [9.17, 15) is 4.79 Å². The summed E-state index contributed by atoms with van der Waals surface area (Å²) in [6.45, 7) is 1.99. The fraction of sp³-hybridized carbons (Fsp3) is 0.533. The summed E-state index contributed by atoms with van der Waals surface area (Å²) in [7, 11) is 1.58. The molecule has 2 aromatic heterocycles. The molecular weight excluding hydrogens is 348 g/mol. The number of aromatic nitrogens is 3. The third kappa shape index (κ3) is 2.82. The molecule has 0 bridgehead atoms. The van der Waals surface area contributed by atoms with E-state index < -0.39 is 0 Å². The SMILES string of the molecule is CNC(=O)O[C@H]1CC[C@H](c2nc(Br)c3c(C)nccn32)CC1. The number of carbonyl (C=O) groups is 1. The number of aryl methyl sites for hydroxylation is 1. The number of hydrogen-bond donors (Lipinski definition) is 1. The Morgan fingerprint density at radius 3 is 2.82 bits per heavy atom. The van der Waals surface area contributed by atoms with Crippen molar-refractivity contribution < 1.29 is 9.53 Å². The number of ether oxygens (including phenoxy) is 1. The highest BCUT2D eigenvalue weighted by atomic mass is 79.9. The van der Waals surface area contributed by atoms with Crippen molar-refractivity contribution in [2.24, 2.45) is 0 Å². The van der Waals surface area contributed by atoms with Crippen molar-refractivity contribution in [1.82, 2.24) is 19.7 Å². The van der Waals surface area contributed by atoms with E-state index in [4.69, 9.17) is 9.72 Å². The van der Waals surface area contributed by atoms with Gasteiger partial charge in [-0.25, -0.2) is 9.78 Å². The molecule has 0 atom stereocenters. The van der Waals surface area contributed by atoms with Gasteiger partial charge in [0.05, 0.1) is 5.69 Å². The molecule has 1 aliphatic carbocycles. The number of carbonyl (C=O) groups excluding carboxylic acids is 1. The average Bonchev–Trinajstić information content (AvgIpc) is 2.86. The second-order valence-corrected chi connectivity index (χ2v) is 6.37. The van der Waals surface area contributed by atoms with Gasteiger partial charge in [-0.2, -0.15) is 0 Å². The number of nitrogens with one attached hydrogen (secondary N) is 1. The zero-order valence-electron chi connectivity index (χ0n) is 12.7. The number of amides is 1. The zero-order chi connectivity index (χ0) is 15.7. The van der Waals surface area contributed by atoms with E-state index >= 15 is 0 Å². The van der Waals surface area contributed by atoms with Gasteiger partial charge >= 0.3 is 6.09 Å². The molecule has 1 N–H and O–H groups in total. The van der Waals surface area contributed by atoms with Gasteiger partial charge in [0.1, 0.15) is 22.0 Å². The minimum atomic E-state index is -0.348. The molecule has 0 aromatic carbocycles. The molecule has 2 heterocycles. The van der Waals surface area contributed by atoms with Crippen LogP contribution in [0.4, 0.5) is 4.79 Å². The van der Waals surface area contributed by atoms with Crippen molar-refractivity contribution in [2.45, 2.75) is 44.6 Å². The highest BCUT2D eigenvalue weighted by Crippen LogP contribution is 2.35. The number of halogens is 1. The molecule has 0 saturated heterocycles. The highest BCUT2D eigenvalue weighted by molar-refractivity contribution is 9.10. The van der Waals surface area contributed by atoms with Crippen LogP contribution < -0.4 is 5.32 Å². The van der Waals surface area contributed by atoms with Crippen molar-refractivity contribution in [2.75, 3.05) is 7.05 Å². The molecule has 1 amide bonds. The van der Waals surface area contributed by atoms with E-state index in [2.05, 4.69) is 30.6 Å². The molecule has 22 heavy (non-hydrogen) atoms. The summed E-state index contributed by atoms with van der Waals surface area (Å²) in [4.78, 5) is 20.3. The third-order valence-corrected chi connectivity index (χ3v) is 4.79. The maximum atomic E-state index is 11.3. The topological polar surface area (TPSA) is 68.5 Å². The highest BCUT2D eigenvalue weighted by Gasteiger charge is 2.28. The van der Waals surface area contributed by atoms with E-state index in [-0.39, 0.29) is 12.2 Å². The van der Waals surface area contributed by atoms with E-state index in [1.165, 1.54) is 0 Å². The van der Waals surface area contributed by atoms with Gasteiger partial charge < -0.3 is 10.1 Å². The normalized spacial score (nSPS) is 21.8. The molecule has 0 radical (unpaired) electrons. The van der Waals surface area contributed by atoms with Gasteiger partial charge in [0.2, 0.25) is 0 Å². The number of rotatable bonds is 2. The van der Waals surface area contributed by atoms with Crippen LogP contribution >= 0.6 is 15.9 Å². The maximum Gasteiger partial charge on any atom is 0.407 e. The number of nitrogens with zero attached hydrogens (tertiary/aromatic N) is 3. The smallest absolute Gasteiger partial charge is 0.407 e. The first-order valence-electron chi connectivity index (χ1n) is 7.47. The van der Waals surface area contributed by atoms with Gasteiger partial charge in [0.15, 0.2) is 0 Å². The molecule has 6 nitrogen and oxygen atoms in total. The van der Waals surface area contributed by atoms with E-state index in [1.807, 2.05) is 13.1 Å². The summed E-state index contributed by atoms with van der Waals surface area (Å²) in [5.74, 6) is 1.44. The van der Waals surface area contributed by atoms with Crippen molar-refractivity contribution in [1.29, 1.82) is 0 Å². The van der Waals surface area contributed by atoms with Gasteiger partial charge in [-0.3, -0.25) is 9.38 Å². The van der Waals surface area contributed by atoms with Crippen LogP contribution in [0.2, 0.25) is 0 Å². The Kier molecular flexibility index (Phi) is 4.33. The average molecular weight is 367 g/mol. The number of alkyl carbamates (subject to hydrolysis) is 1. The quantitative estimate of drug-likeness (QED) is 0.885. The summed E-state index contributed by atoms with van der Waals surface area (Å²) in [5, 5.41) is 2.50. The Hall–Kier alpha value is -1.63. The number of imidazole rings is 1. The predicted molar refractivity (Wildman–Crippen MR) is 86.0 cm³/mol. The van der Waals surface area contributed by atoms with Crippen LogP contribution in [0.1, 0.15) is 43.1 Å². The van der Waals surface area contributed by atoms with Crippen LogP contribution in [-0.2, 0) is 4.74 Å². The third-order valence-electron chi connectivity index (χ3n) is 4.24. The summed E-state index contributed by atoms with van der Waals surface area (Å²) in [6.07, 6.45) is 7.10. The minimum Gasteiger partial charge on any atom is -0.446 e. The first-order valence-corrected chi connectivity index (χ1v) is 8.27. The summed E-state index contributed by atoms with van der Waals surface area (Å²) in [5.41, 5.74) is 1.99. The van der Waals surface area contributed by atoms with Gasteiger partial charge in [-0.1, -0.05) is 0 Å². The lowest BCUT2D eigenvalue weighted by atomic mass is 9.87. The summed E-state index contributed by atoms with van der Waals surface area (Å²) in [6, 6.07) is 0. The van der Waals surface area contributed by atoms with Crippen LogP contribution in [0, 0.1) is 6.92 Å². The van der Waals surface area contributed by atoms with Crippen LogP contribution in [0.15, 0.2) is 17.0 Å². The molecular formula is C15H19BrN4O2. The largest absolute Gasteiger partial charge is 0.446 e. The monoisotopic (exact) mass is 366 g/mol. The van der Waals surface area contributed by atoms with Crippen molar-refractivity contribution in [3.63, 3.8) is 0 Å². The van der Waals surface area contributed by atoms with Crippen molar-refractivity contribution in [3.8, 4) is 0 Å². The predicted octanol–water partition coefficient (Wildman–Crippen LogP) is 3.18. The van der Waals surface area contributed by atoms with E-state index in [0.29, 0.717) is 5.92 Å². The lowest BCUT2D eigenvalue weighted by Gasteiger charge is -2.27. The van der Waals surface area contributed by atoms with Crippen molar-refractivity contribution in [3.05, 3.63) is 28.5 Å². The fourth-order valence-corrected chi connectivity index (χ4v) is 3.77. The van der Waals surface area contributed by atoms with Crippen LogP contribution in [-0.4, -0.2) is 33.6 Å². The van der Waals surface area contributed by atoms with E-state index in [0.717, 1.165) is 47.3 Å². The first-order chi connectivity index (χ1) is 10.6. The zero-order valence-corrected chi connectivity index (χ0v) is 14.3. The molecule has 0 aliphatic heterocycles. The number of fused-ring (bicyclic) bond motifs is 1. The molecule has 3 rings (SSSR count). The maximum absolute atomic E-state index is 11.3. The second-order valence-electron chi connectivity index (χ2n) is 5.62. The summed E-state index contributed by atoms with van der Waals surface area (Å²) >= 11 is 3.54. The molecule has 7 heteroatoms. The molecule has 1 saturated carbocycles. The second kappa shape index (κ2) is 6.24. The Morgan fingerprint density at radius 1 is 1.41 bits per heavy atom. The molecule has 1 fully saturated rings.